The van der Waals surface area contributed by atoms with Gasteiger partial charge >= 0.3 is 11.9 Å². The first-order valence-corrected chi connectivity index (χ1v) is 6.82. The number of aromatic nitrogens is 2. The van der Waals surface area contributed by atoms with Gasteiger partial charge in [0.25, 0.3) is 5.56 Å². The van der Waals surface area contributed by atoms with Gasteiger partial charge < -0.3 is 9.88 Å². The predicted molar refractivity (Wildman–Crippen MR) is 75.0 cm³/mol. The maximum atomic E-state index is 13.1. The van der Waals surface area contributed by atoms with E-state index < -0.39 is 34.4 Å². The van der Waals surface area contributed by atoms with E-state index in [0.29, 0.717) is 19.5 Å². The SMILES string of the molecule is CN1CCC(n2c(=O)[nH]c3cccc(C(F)(F)F)c3c2=O)C1. The van der Waals surface area contributed by atoms with Crippen LogP contribution in [0.4, 0.5) is 13.2 Å². The van der Waals surface area contributed by atoms with Crippen molar-refractivity contribution in [2.45, 2.75) is 18.6 Å². The van der Waals surface area contributed by atoms with Crippen molar-refractivity contribution < 1.29 is 13.2 Å². The Hall–Kier alpha value is -2.09. The van der Waals surface area contributed by atoms with E-state index in [0.717, 1.165) is 10.6 Å². The molecule has 1 atom stereocenters. The lowest BCUT2D eigenvalue weighted by molar-refractivity contribution is -0.136. The Kier molecular flexibility index (Phi) is 3.36. The number of aromatic amines is 1. The molecule has 118 valence electrons. The van der Waals surface area contributed by atoms with Crippen molar-refractivity contribution in [1.29, 1.82) is 0 Å². The molecule has 1 fully saturated rings. The average Bonchev–Trinajstić information content (AvgIpc) is 2.83. The van der Waals surface area contributed by atoms with E-state index in [9.17, 15) is 22.8 Å². The monoisotopic (exact) mass is 313 g/mol. The van der Waals surface area contributed by atoms with Crippen molar-refractivity contribution in [3.63, 3.8) is 0 Å². The van der Waals surface area contributed by atoms with Crippen LogP contribution in [-0.4, -0.2) is 34.6 Å². The number of fused-ring (bicyclic) bond motifs is 1. The number of hydrogen-bond acceptors (Lipinski definition) is 3. The molecule has 1 aromatic carbocycles. The van der Waals surface area contributed by atoms with Crippen LogP contribution in [0.2, 0.25) is 0 Å². The molecule has 5 nitrogen and oxygen atoms in total. The summed E-state index contributed by atoms with van der Waals surface area (Å²) in [5.41, 5.74) is -2.66. The van der Waals surface area contributed by atoms with Crippen LogP contribution < -0.4 is 11.2 Å². The summed E-state index contributed by atoms with van der Waals surface area (Å²) in [6, 6.07) is 2.92. The minimum absolute atomic E-state index is 0.0903. The first-order valence-electron chi connectivity index (χ1n) is 6.82. The zero-order chi connectivity index (χ0) is 16.1. The van der Waals surface area contributed by atoms with Crippen LogP contribution in [0, 0.1) is 0 Å². The molecule has 1 unspecified atom stereocenters. The molecule has 0 radical (unpaired) electrons. The molecule has 1 N–H and O–H groups in total. The Labute approximate surface area is 123 Å². The number of hydrogen-bond donors (Lipinski definition) is 1. The lowest BCUT2D eigenvalue weighted by Crippen LogP contribution is -2.39. The number of likely N-dealkylation sites (N-methyl/N-ethyl adjacent to an activating group) is 1. The van der Waals surface area contributed by atoms with Crippen molar-refractivity contribution in [3.8, 4) is 0 Å². The second-order valence-corrected chi connectivity index (χ2v) is 5.54. The number of rotatable bonds is 1. The largest absolute Gasteiger partial charge is 0.417 e. The first kappa shape index (κ1) is 14.8. The highest BCUT2D eigenvalue weighted by Crippen LogP contribution is 2.32. The molecule has 8 heteroatoms. The number of likely N-dealkylation sites (tertiary alicyclic amines) is 1. The number of alkyl halides is 3. The van der Waals surface area contributed by atoms with Crippen molar-refractivity contribution in [1.82, 2.24) is 14.5 Å². The quantitative estimate of drug-likeness (QED) is 0.870. The minimum atomic E-state index is -4.65. The number of halogens is 3. The summed E-state index contributed by atoms with van der Waals surface area (Å²) in [5, 5.41) is -0.482. The van der Waals surface area contributed by atoms with Gasteiger partial charge in [-0.3, -0.25) is 9.36 Å². The van der Waals surface area contributed by atoms with Gasteiger partial charge in [0.05, 0.1) is 22.5 Å². The van der Waals surface area contributed by atoms with Crippen LogP contribution in [0.5, 0.6) is 0 Å². The molecule has 2 aromatic rings. The van der Waals surface area contributed by atoms with Crippen molar-refractivity contribution >= 4 is 10.9 Å². The Morgan fingerprint density at radius 1 is 1.27 bits per heavy atom. The van der Waals surface area contributed by atoms with Crippen LogP contribution in [0.25, 0.3) is 10.9 Å². The molecule has 0 aliphatic carbocycles. The molecule has 1 saturated heterocycles. The fourth-order valence-corrected chi connectivity index (χ4v) is 2.97. The number of nitrogens with zero attached hydrogens (tertiary/aromatic N) is 2. The first-order chi connectivity index (χ1) is 10.3. The maximum absolute atomic E-state index is 13.1. The number of benzene rings is 1. The van der Waals surface area contributed by atoms with Gasteiger partial charge in [-0.15, -0.1) is 0 Å². The Balaban J connectivity index is 2.32. The number of nitrogens with one attached hydrogen (secondary N) is 1. The molecule has 0 bridgehead atoms. The Morgan fingerprint density at radius 2 is 2.00 bits per heavy atom. The van der Waals surface area contributed by atoms with Gasteiger partial charge in [0.2, 0.25) is 0 Å². The summed E-state index contributed by atoms with van der Waals surface area (Å²) >= 11 is 0. The van der Waals surface area contributed by atoms with E-state index in [1.54, 1.807) is 0 Å². The molecule has 3 rings (SSSR count). The molecule has 0 spiro atoms. The summed E-state index contributed by atoms with van der Waals surface area (Å²) in [6.45, 7) is 1.15. The molecule has 0 saturated carbocycles. The van der Waals surface area contributed by atoms with Gasteiger partial charge in [-0.25, -0.2) is 4.79 Å². The summed E-state index contributed by atoms with van der Waals surface area (Å²) in [6.07, 6.45) is -4.10. The molecular formula is C14H14F3N3O2. The van der Waals surface area contributed by atoms with Gasteiger partial charge in [-0.2, -0.15) is 13.2 Å². The van der Waals surface area contributed by atoms with Crippen LogP contribution in [0.1, 0.15) is 18.0 Å². The third-order valence-corrected chi connectivity index (χ3v) is 3.99. The van der Waals surface area contributed by atoms with E-state index in [1.807, 2.05) is 11.9 Å². The normalized spacial score (nSPS) is 19.9. The van der Waals surface area contributed by atoms with Gasteiger partial charge in [-0.05, 0) is 32.1 Å². The second-order valence-electron chi connectivity index (χ2n) is 5.54. The minimum Gasteiger partial charge on any atom is -0.307 e. The van der Waals surface area contributed by atoms with E-state index in [4.69, 9.17) is 0 Å². The average molecular weight is 313 g/mol. The van der Waals surface area contributed by atoms with Crippen LogP contribution in [0.15, 0.2) is 27.8 Å². The van der Waals surface area contributed by atoms with Crippen LogP contribution in [-0.2, 0) is 6.18 Å². The topological polar surface area (TPSA) is 58.1 Å². The Bertz CT molecular complexity index is 838. The number of H-pyrrole nitrogens is 1. The highest BCUT2D eigenvalue weighted by Gasteiger charge is 2.35. The molecule has 1 aromatic heterocycles. The van der Waals surface area contributed by atoms with E-state index >= 15 is 0 Å². The molecule has 1 aliphatic heterocycles. The van der Waals surface area contributed by atoms with Gasteiger partial charge in [0, 0.05) is 6.54 Å². The summed E-state index contributed by atoms with van der Waals surface area (Å²) in [7, 11) is 1.83. The molecule has 2 heterocycles. The van der Waals surface area contributed by atoms with E-state index in [1.165, 1.54) is 12.1 Å². The standard InChI is InChI=1S/C14H14F3N3O2/c1-19-6-5-8(7-19)20-12(21)11-9(14(15,16)17)3-2-4-10(11)18-13(20)22/h2-4,8H,5-7H2,1H3,(H,18,22). The molecule has 22 heavy (non-hydrogen) atoms. The van der Waals surface area contributed by atoms with Gasteiger partial charge in [0.15, 0.2) is 0 Å². The van der Waals surface area contributed by atoms with Crippen LogP contribution in [0.3, 0.4) is 0 Å². The second kappa shape index (κ2) is 4.98. The summed E-state index contributed by atoms with van der Waals surface area (Å²) < 4.78 is 40.3. The van der Waals surface area contributed by atoms with E-state index in [-0.39, 0.29) is 5.52 Å². The highest BCUT2D eigenvalue weighted by atomic mass is 19.4. The smallest absolute Gasteiger partial charge is 0.307 e. The fraction of sp³-hybridized carbons (Fsp3) is 0.429. The van der Waals surface area contributed by atoms with Crippen molar-refractivity contribution in [2.24, 2.45) is 0 Å². The summed E-state index contributed by atoms with van der Waals surface area (Å²) in [4.78, 5) is 29.0. The predicted octanol–water partition coefficient (Wildman–Crippen LogP) is 1.59. The lowest BCUT2D eigenvalue weighted by Gasteiger charge is -2.15. The lowest BCUT2D eigenvalue weighted by atomic mass is 10.1. The van der Waals surface area contributed by atoms with Crippen molar-refractivity contribution in [3.05, 3.63) is 44.6 Å². The van der Waals surface area contributed by atoms with Crippen LogP contribution >= 0.6 is 0 Å². The third kappa shape index (κ3) is 2.33. The molecule has 1 aliphatic rings. The zero-order valence-corrected chi connectivity index (χ0v) is 11.8. The fourth-order valence-electron chi connectivity index (χ4n) is 2.97. The van der Waals surface area contributed by atoms with E-state index in [2.05, 4.69) is 4.98 Å². The van der Waals surface area contributed by atoms with Crippen molar-refractivity contribution in [2.75, 3.05) is 20.1 Å². The van der Waals surface area contributed by atoms with Gasteiger partial charge in [0.1, 0.15) is 0 Å². The zero-order valence-electron chi connectivity index (χ0n) is 11.8. The molecule has 0 amide bonds. The summed E-state index contributed by atoms with van der Waals surface area (Å²) in [5.74, 6) is 0. The highest BCUT2D eigenvalue weighted by molar-refractivity contribution is 5.81. The molecular weight excluding hydrogens is 299 g/mol. The third-order valence-electron chi connectivity index (χ3n) is 3.99. The van der Waals surface area contributed by atoms with Gasteiger partial charge in [-0.1, -0.05) is 6.07 Å². The Morgan fingerprint density at radius 3 is 2.59 bits per heavy atom. The maximum Gasteiger partial charge on any atom is 0.417 e.